The molecule has 0 spiro atoms. The van der Waals surface area contributed by atoms with E-state index in [1.165, 1.54) is 122 Å². The third-order valence-corrected chi connectivity index (χ3v) is 11.0. The van der Waals surface area contributed by atoms with E-state index in [2.05, 4.69) is 75.5 Å². The normalized spacial score (nSPS) is 12.5. The van der Waals surface area contributed by atoms with Crippen LogP contribution in [0.3, 0.4) is 0 Å². The Kier molecular flexibility index (Phi) is 47.4. The van der Waals surface area contributed by atoms with E-state index in [4.69, 9.17) is 14.2 Å². The van der Waals surface area contributed by atoms with Crippen LogP contribution in [0, 0.1) is 0 Å². The van der Waals surface area contributed by atoms with E-state index < -0.39 is 6.10 Å². The van der Waals surface area contributed by atoms with Gasteiger partial charge in [-0.15, -0.1) is 0 Å². The first kappa shape index (κ1) is 58.1. The average Bonchev–Trinajstić information content (AvgIpc) is 3.26. The van der Waals surface area contributed by atoms with Crippen molar-refractivity contribution in [1.29, 1.82) is 0 Å². The van der Waals surface area contributed by atoms with E-state index in [-0.39, 0.29) is 37.5 Å². The van der Waals surface area contributed by atoms with Gasteiger partial charge in [0.15, 0.2) is 6.10 Å². The van der Waals surface area contributed by atoms with Gasteiger partial charge in [0.25, 0.3) is 0 Å². The summed E-state index contributed by atoms with van der Waals surface area (Å²) in [6.45, 7) is 6.46. The summed E-state index contributed by atoms with van der Waals surface area (Å²) in [6.07, 6.45) is 60.7. The van der Waals surface area contributed by atoms with E-state index >= 15 is 0 Å². The first-order valence-electron chi connectivity index (χ1n) is 25.8. The van der Waals surface area contributed by atoms with Crippen LogP contribution in [-0.4, -0.2) is 37.2 Å². The van der Waals surface area contributed by atoms with Crippen molar-refractivity contribution in [3.05, 3.63) is 60.8 Å². The summed E-state index contributed by atoms with van der Waals surface area (Å²) in [6, 6.07) is 0. The lowest BCUT2D eigenvalue weighted by Crippen LogP contribution is -2.30. The molecule has 1 atom stereocenters. The molecule has 0 aliphatic rings. The van der Waals surface area contributed by atoms with Gasteiger partial charge in [0.1, 0.15) is 13.2 Å². The molecule has 0 amide bonds. The number of allylic oxidation sites excluding steroid dienone is 10. The molecule has 0 aromatic rings. The Hall–Kier alpha value is -2.89. The van der Waals surface area contributed by atoms with E-state index in [1.807, 2.05) is 6.08 Å². The Morgan fingerprint density at radius 2 is 0.672 bits per heavy atom. The molecule has 0 fully saturated rings. The van der Waals surface area contributed by atoms with Gasteiger partial charge in [0.2, 0.25) is 0 Å². The van der Waals surface area contributed by atoms with Crippen LogP contribution >= 0.6 is 0 Å². The third kappa shape index (κ3) is 48.0. The van der Waals surface area contributed by atoms with Crippen molar-refractivity contribution < 1.29 is 28.6 Å². The predicted octanol–water partition coefficient (Wildman–Crippen LogP) is 16.9. The first-order valence-corrected chi connectivity index (χ1v) is 25.8. The van der Waals surface area contributed by atoms with Crippen molar-refractivity contribution in [1.82, 2.24) is 0 Å². The van der Waals surface area contributed by atoms with Gasteiger partial charge in [-0.3, -0.25) is 14.4 Å². The Labute approximate surface area is 377 Å². The summed E-state index contributed by atoms with van der Waals surface area (Å²) in [7, 11) is 0. The molecule has 0 aromatic heterocycles. The molecule has 6 nitrogen and oxygen atoms in total. The number of rotatable bonds is 46. The monoisotopic (exact) mass is 853 g/mol. The number of carbonyl (C=O) groups excluding carboxylic acids is 3. The van der Waals surface area contributed by atoms with Crippen molar-refractivity contribution in [3.63, 3.8) is 0 Å². The second-order valence-corrected chi connectivity index (χ2v) is 17.1. The Morgan fingerprint density at radius 1 is 0.344 bits per heavy atom. The van der Waals surface area contributed by atoms with Gasteiger partial charge in [-0.25, -0.2) is 0 Å². The number of hydrogen-bond donors (Lipinski definition) is 0. The lowest BCUT2D eigenvalue weighted by Gasteiger charge is -2.18. The van der Waals surface area contributed by atoms with Crippen LogP contribution in [0.4, 0.5) is 0 Å². The zero-order valence-corrected chi connectivity index (χ0v) is 40.2. The van der Waals surface area contributed by atoms with Crippen LogP contribution in [-0.2, 0) is 28.6 Å². The number of ether oxygens (including phenoxy) is 3. The second kappa shape index (κ2) is 49.8. The highest BCUT2D eigenvalue weighted by Crippen LogP contribution is 2.15. The highest BCUT2D eigenvalue weighted by Gasteiger charge is 2.19. The topological polar surface area (TPSA) is 78.9 Å². The van der Waals surface area contributed by atoms with Crippen molar-refractivity contribution in [2.45, 2.75) is 258 Å². The summed E-state index contributed by atoms with van der Waals surface area (Å²) in [5, 5.41) is 0. The quantitative estimate of drug-likeness (QED) is 0.0263. The zero-order valence-electron chi connectivity index (χ0n) is 40.2. The largest absolute Gasteiger partial charge is 0.462 e. The molecule has 0 heterocycles. The molecule has 0 saturated heterocycles. The SMILES string of the molecule is CC/C=C\C/C=C\C/C=C\CCCCCCC(=O)OC(COC(=O)CC/C=C\C/C=C\CCCCCCCC)COC(=O)CCCCCCCCCCCCCCCCCC. The summed E-state index contributed by atoms with van der Waals surface area (Å²) in [4.78, 5) is 37.9. The summed E-state index contributed by atoms with van der Waals surface area (Å²) < 4.78 is 16.7. The maximum atomic E-state index is 12.8. The summed E-state index contributed by atoms with van der Waals surface area (Å²) in [5.74, 6) is -0.987. The van der Waals surface area contributed by atoms with Gasteiger partial charge < -0.3 is 14.2 Å². The van der Waals surface area contributed by atoms with Crippen molar-refractivity contribution in [3.8, 4) is 0 Å². The molecular formula is C55H96O6. The van der Waals surface area contributed by atoms with E-state index in [0.717, 1.165) is 83.5 Å². The molecule has 1 unspecified atom stereocenters. The van der Waals surface area contributed by atoms with Crippen LogP contribution in [0.15, 0.2) is 60.8 Å². The maximum absolute atomic E-state index is 12.8. The van der Waals surface area contributed by atoms with E-state index in [9.17, 15) is 14.4 Å². The molecule has 61 heavy (non-hydrogen) atoms. The predicted molar refractivity (Wildman–Crippen MR) is 261 cm³/mol. The van der Waals surface area contributed by atoms with Gasteiger partial charge in [0, 0.05) is 19.3 Å². The molecule has 6 heteroatoms. The summed E-state index contributed by atoms with van der Waals surface area (Å²) in [5.41, 5.74) is 0. The first-order chi connectivity index (χ1) is 30.0. The zero-order chi connectivity index (χ0) is 44.4. The molecule has 0 aromatic carbocycles. The van der Waals surface area contributed by atoms with E-state index in [1.54, 1.807) is 0 Å². The fourth-order valence-corrected chi connectivity index (χ4v) is 7.16. The standard InChI is InChI=1S/C55H96O6/c1-4-7-10-13-16-19-22-25-27-28-31-33-36-39-42-45-48-54(57)60-51-52(50-59-53(56)47-44-41-38-35-32-29-24-21-18-15-12-9-6-3)61-55(58)49-46-43-40-37-34-30-26-23-20-17-14-11-8-5-2/h8,11,17,20,26,29-30,32,38,41,52H,4-7,9-10,12-16,18-19,21-25,27-28,31,33-37,39-40,42-51H2,1-3H3/b11-8-,20-17-,30-26-,32-29-,41-38-. The summed E-state index contributed by atoms with van der Waals surface area (Å²) >= 11 is 0. The molecule has 0 bridgehead atoms. The van der Waals surface area contributed by atoms with Gasteiger partial charge in [-0.1, -0.05) is 223 Å². The lowest BCUT2D eigenvalue weighted by molar-refractivity contribution is -0.166. The molecule has 0 radical (unpaired) electrons. The lowest BCUT2D eigenvalue weighted by atomic mass is 10.0. The molecule has 0 saturated carbocycles. The maximum Gasteiger partial charge on any atom is 0.306 e. The van der Waals surface area contributed by atoms with E-state index in [0.29, 0.717) is 19.3 Å². The van der Waals surface area contributed by atoms with Crippen LogP contribution < -0.4 is 0 Å². The molecule has 352 valence electrons. The van der Waals surface area contributed by atoms with Crippen LogP contribution in [0.25, 0.3) is 0 Å². The Balaban J connectivity index is 4.44. The second-order valence-electron chi connectivity index (χ2n) is 17.1. The van der Waals surface area contributed by atoms with Crippen molar-refractivity contribution >= 4 is 17.9 Å². The third-order valence-electron chi connectivity index (χ3n) is 11.0. The van der Waals surface area contributed by atoms with Crippen LogP contribution in [0.1, 0.15) is 252 Å². The number of carbonyl (C=O) groups is 3. The van der Waals surface area contributed by atoms with Gasteiger partial charge in [0.05, 0.1) is 0 Å². The molecule has 0 aliphatic heterocycles. The van der Waals surface area contributed by atoms with Crippen molar-refractivity contribution in [2.75, 3.05) is 13.2 Å². The van der Waals surface area contributed by atoms with Gasteiger partial charge in [-0.2, -0.15) is 0 Å². The Bertz CT molecular complexity index is 1120. The minimum Gasteiger partial charge on any atom is -0.462 e. The number of unbranched alkanes of at least 4 members (excludes halogenated alkanes) is 25. The van der Waals surface area contributed by atoms with Crippen LogP contribution in [0.2, 0.25) is 0 Å². The smallest absolute Gasteiger partial charge is 0.306 e. The Morgan fingerprint density at radius 3 is 1.10 bits per heavy atom. The average molecular weight is 853 g/mol. The number of esters is 3. The highest BCUT2D eigenvalue weighted by molar-refractivity contribution is 5.71. The molecule has 0 aliphatic carbocycles. The molecular weight excluding hydrogens is 757 g/mol. The van der Waals surface area contributed by atoms with Crippen LogP contribution in [0.5, 0.6) is 0 Å². The minimum absolute atomic E-state index is 0.0986. The van der Waals surface area contributed by atoms with Gasteiger partial charge >= 0.3 is 17.9 Å². The fraction of sp³-hybridized carbons (Fsp3) is 0.764. The number of hydrogen-bond acceptors (Lipinski definition) is 6. The minimum atomic E-state index is -0.805. The van der Waals surface area contributed by atoms with Crippen molar-refractivity contribution in [2.24, 2.45) is 0 Å². The highest BCUT2D eigenvalue weighted by atomic mass is 16.6. The fourth-order valence-electron chi connectivity index (χ4n) is 7.16. The molecule has 0 N–H and O–H groups in total. The molecule has 0 rings (SSSR count). The van der Waals surface area contributed by atoms with Gasteiger partial charge in [-0.05, 0) is 70.6 Å².